The Hall–Kier alpha value is 0.352. The second kappa shape index (κ2) is 5.35. The largest absolute Gasteiger partial charge is 0.339 e. The molecule has 0 saturated heterocycles. The van der Waals surface area contributed by atoms with Crippen LogP contribution in [0.4, 0.5) is 0 Å². The normalized spacial score (nSPS) is 5.67. The zero-order valence-electron chi connectivity index (χ0n) is 3.26. The summed E-state index contributed by atoms with van der Waals surface area (Å²) < 4.78 is 0. The molecule has 0 aliphatic rings. The van der Waals surface area contributed by atoms with Gasteiger partial charge in [-0.15, -0.1) is 0 Å². The van der Waals surface area contributed by atoms with Gasteiger partial charge in [0.05, 0.1) is 0 Å². The summed E-state index contributed by atoms with van der Waals surface area (Å²) in [7, 11) is 0. The van der Waals surface area contributed by atoms with Gasteiger partial charge in [0.15, 0.2) is 0 Å². The maximum atomic E-state index is 9.34. The summed E-state index contributed by atoms with van der Waals surface area (Å²) in [6.07, 6.45) is 0. The topological polar surface area (TPSA) is 46.5 Å². The molecule has 0 heterocycles. The van der Waals surface area contributed by atoms with Crippen LogP contribution in [0, 0.1) is 0 Å². The molecule has 34 valence electrons. The van der Waals surface area contributed by atoms with Gasteiger partial charge in [0, 0.05) is 34.2 Å². The molecule has 0 bridgehead atoms. The van der Waals surface area contributed by atoms with Gasteiger partial charge in [0.1, 0.15) is 0 Å². The van der Waals surface area contributed by atoms with Crippen LogP contribution < -0.4 is 0 Å². The third-order valence-corrected chi connectivity index (χ3v) is 0.129. The molecular formula is C2H4O3Pb. The fourth-order valence-corrected chi connectivity index (χ4v) is 0. The Balaban J connectivity index is 0. The minimum absolute atomic E-state index is 0. The first-order valence-corrected chi connectivity index (χ1v) is 1.09. The summed E-state index contributed by atoms with van der Waals surface area (Å²) in [5.41, 5.74) is 0. The first kappa shape index (κ1) is 9.61. The minimum atomic E-state index is -0.690. The molecule has 4 radical (unpaired) electrons. The molecule has 0 aliphatic carbocycles. The number of rotatable bonds is 0. The van der Waals surface area contributed by atoms with Crippen molar-refractivity contribution in [2.24, 2.45) is 0 Å². The van der Waals surface area contributed by atoms with Crippen molar-refractivity contribution in [2.45, 2.75) is 6.92 Å². The molecule has 0 rings (SSSR count). The Morgan fingerprint density at radius 1 is 1.83 bits per heavy atom. The van der Waals surface area contributed by atoms with E-state index in [1.165, 1.54) is 0 Å². The average Bonchev–Trinajstić information content (AvgIpc) is 1.38. The van der Waals surface area contributed by atoms with Gasteiger partial charge >= 0.3 is 5.97 Å². The summed E-state index contributed by atoms with van der Waals surface area (Å²) >= 11 is 0. The van der Waals surface area contributed by atoms with Crippen LogP contribution in [-0.2, 0) is 9.68 Å². The van der Waals surface area contributed by atoms with Crippen LogP contribution in [0.25, 0.3) is 0 Å². The van der Waals surface area contributed by atoms with Crippen molar-refractivity contribution < 1.29 is 14.9 Å². The van der Waals surface area contributed by atoms with E-state index in [0.29, 0.717) is 0 Å². The van der Waals surface area contributed by atoms with E-state index in [4.69, 9.17) is 5.26 Å². The van der Waals surface area contributed by atoms with Crippen molar-refractivity contribution >= 4 is 33.3 Å². The molecule has 0 fully saturated rings. The SMILES string of the molecule is CC(=O)OO.[Pb]. The molecule has 0 spiro atoms. The fraction of sp³-hybridized carbons (Fsp3) is 0.500. The first-order valence-electron chi connectivity index (χ1n) is 1.09. The van der Waals surface area contributed by atoms with Crippen molar-refractivity contribution in [1.29, 1.82) is 0 Å². The minimum Gasteiger partial charge on any atom is -0.301 e. The van der Waals surface area contributed by atoms with Gasteiger partial charge in [0.25, 0.3) is 0 Å². The van der Waals surface area contributed by atoms with Crippen LogP contribution in [0.2, 0.25) is 0 Å². The molecular weight excluding hydrogens is 279 g/mol. The van der Waals surface area contributed by atoms with Crippen LogP contribution >= 0.6 is 0 Å². The monoisotopic (exact) mass is 284 g/mol. The summed E-state index contributed by atoms with van der Waals surface area (Å²) in [4.78, 5) is 12.5. The van der Waals surface area contributed by atoms with Gasteiger partial charge in [0.2, 0.25) is 0 Å². The van der Waals surface area contributed by atoms with Gasteiger partial charge < -0.3 is 4.89 Å². The van der Waals surface area contributed by atoms with Gasteiger partial charge in [-0.2, -0.15) is 5.26 Å². The molecule has 0 aromatic carbocycles. The molecule has 0 saturated carbocycles. The van der Waals surface area contributed by atoms with E-state index < -0.39 is 5.97 Å². The van der Waals surface area contributed by atoms with Crippen molar-refractivity contribution in [3.63, 3.8) is 0 Å². The average molecular weight is 283 g/mol. The van der Waals surface area contributed by atoms with Crippen LogP contribution in [0.3, 0.4) is 0 Å². The quantitative estimate of drug-likeness (QED) is 0.375. The molecule has 0 aromatic heterocycles. The molecule has 0 aliphatic heterocycles. The zero-order chi connectivity index (χ0) is 4.28. The Morgan fingerprint density at radius 3 is 2.00 bits per heavy atom. The maximum absolute atomic E-state index is 9.34. The molecule has 0 amide bonds. The van der Waals surface area contributed by atoms with Crippen LogP contribution in [0.15, 0.2) is 0 Å². The van der Waals surface area contributed by atoms with Crippen LogP contribution in [0.5, 0.6) is 0 Å². The van der Waals surface area contributed by atoms with Crippen LogP contribution in [-0.4, -0.2) is 38.5 Å². The van der Waals surface area contributed by atoms with E-state index in [-0.39, 0.29) is 27.3 Å². The molecule has 3 nitrogen and oxygen atoms in total. The molecule has 0 atom stereocenters. The van der Waals surface area contributed by atoms with Crippen molar-refractivity contribution in [2.75, 3.05) is 0 Å². The number of carbonyl (C=O) groups excluding carboxylic acids is 1. The van der Waals surface area contributed by atoms with E-state index >= 15 is 0 Å². The molecule has 1 N–H and O–H groups in total. The maximum Gasteiger partial charge on any atom is 0.339 e. The second-order valence-electron chi connectivity index (χ2n) is 0.583. The Labute approximate surface area is 55.4 Å². The number of hydrogen-bond acceptors (Lipinski definition) is 3. The van der Waals surface area contributed by atoms with E-state index in [9.17, 15) is 4.79 Å². The van der Waals surface area contributed by atoms with Crippen molar-refractivity contribution in [3.8, 4) is 0 Å². The van der Waals surface area contributed by atoms with Gasteiger partial charge in [-0.05, 0) is 0 Å². The molecule has 4 heteroatoms. The summed E-state index contributed by atoms with van der Waals surface area (Å²) in [5, 5.41) is 7.29. The van der Waals surface area contributed by atoms with Gasteiger partial charge in [-0.1, -0.05) is 0 Å². The van der Waals surface area contributed by atoms with Crippen molar-refractivity contribution in [1.82, 2.24) is 0 Å². The predicted molar refractivity (Wildman–Crippen MR) is 20.1 cm³/mol. The van der Waals surface area contributed by atoms with E-state index in [1.807, 2.05) is 0 Å². The summed E-state index contributed by atoms with van der Waals surface area (Å²) in [6, 6.07) is 0. The van der Waals surface area contributed by atoms with E-state index in [2.05, 4.69) is 4.89 Å². The second-order valence-corrected chi connectivity index (χ2v) is 0.583. The van der Waals surface area contributed by atoms with Gasteiger partial charge in [-0.3, -0.25) is 0 Å². The summed E-state index contributed by atoms with van der Waals surface area (Å²) in [6.45, 7) is 1.11. The zero-order valence-corrected chi connectivity index (χ0v) is 7.15. The summed E-state index contributed by atoms with van der Waals surface area (Å²) in [5.74, 6) is -0.690. The first-order chi connectivity index (χ1) is 2.27. The Kier molecular flexibility index (Phi) is 8.57. The van der Waals surface area contributed by atoms with Crippen molar-refractivity contribution in [3.05, 3.63) is 0 Å². The van der Waals surface area contributed by atoms with E-state index in [0.717, 1.165) is 6.92 Å². The smallest absolute Gasteiger partial charge is 0.301 e. The fourth-order valence-electron chi connectivity index (χ4n) is 0. The molecule has 0 unspecified atom stereocenters. The third-order valence-electron chi connectivity index (χ3n) is 0.129. The predicted octanol–water partition coefficient (Wildman–Crippen LogP) is -0.358. The molecule has 6 heavy (non-hydrogen) atoms. The number of carbonyl (C=O) groups is 1. The third kappa shape index (κ3) is 8.84. The Morgan fingerprint density at radius 2 is 2.00 bits per heavy atom. The Bertz CT molecular complexity index is 44.1. The van der Waals surface area contributed by atoms with E-state index in [1.54, 1.807) is 0 Å². The van der Waals surface area contributed by atoms with Crippen LogP contribution in [0.1, 0.15) is 6.92 Å². The standard InChI is InChI=1S/C2H4O3.Pb/c1-2(3)5-4;/h4H,1H3;. The van der Waals surface area contributed by atoms with Gasteiger partial charge in [-0.25, -0.2) is 4.79 Å². The number of hydrogen-bond donors (Lipinski definition) is 1. The molecule has 0 aromatic rings.